The SMILES string of the molecule is CNS(=O)(=O)c1ccc(C(=O)NCCCCCC(C)=O)cn1. The van der Waals surface area contributed by atoms with Gasteiger partial charge in [0.15, 0.2) is 5.03 Å². The van der Waals surface area contributed by atoms with Crippen LogP contribution in [0.2, 0.25) is 0 Å². The van der Waals surface area contributed by atoms with Gasteiger partial charge in [-0.05, 0) is 38.9 Å². The maximum Gasteiger partial charge on any atom is 0.257 e. The van der Waals surface area contributed by atoms with E-state index >= 15 is 0 Å². The average Bonchev–Trinajstić information content (AvgIpc) is 2.50. The van der Waals surface area contributed by atoms with Crippen LogP contribution in [0.25, 0.3) is 0 Å². The van der Waals surface area contributed by atoms with Gasteiger partial charge in [-0.2, -0.15) is 0 Å². The molecule has 0 saturated heterocycles. The van der Waals surface area contributed by atoms with Crippen LogP contribution in [0.15, 0.2) is 23.4 Å². The molecule has 1 rings (SSSR count). The highest BCUT2D eigenvalue weighted by atomic mass is 32.2. The zero-order valence-corrected chi connectivity index (χ0v) is 13.6. The van der Waals surface area contributed by atoms with Gasteiger partial charge in [-0.15, -0.1) is 0 Å². The first-order valence-electron chi connectivity index (χ1n) is 7.04. The minimum atomic E-state index is -3.60. The molecular formula is C14H21N3O4S. The molecule has 0 saturated carbocycles. The molecule has 0 radical (unpaired) electrons. The number of pyridine rings is 1. The van der Waals surface area contributed by atoms with Crippen LogP contribution in [-0.4, -0.2) is 38.7 Å². The van der Waals surface area contributed by atoms with Crippen molar-refractivity contribution in [2.45, 2.75) is 37.6 Å². The molecule has 0 unspecified atom stereocenters. The number of sulfonamides is 1. The lowest BCUT2D eigenvalue weighted by Crippen LogP contribution is -2.25. The van der Waals surface area contributed by atoms with Crippen molar-refractivity contribution < 1.29 is 18.0 Å². The molecule has 1 aromatic heterocycles. The van der Waals surface area contributed by atoms with E-state index in [9.17, 15) is 18.0 Å². The Morgan fingerprint density at radius 2 is 1.91 bits per heavy atom. The number of carbonyl (C=O) groups is 2. The van der Waals surface area contributed by atoms with E-state index in [4.69, 9.17) is 0 Å². The molecule has 0 fully saturated rings. The lowest BCUT2D eigenvalue weighted by Gasteiger charge is -2.06. The van der Waals surface area contributed by atoms with Crippen molar-refractivity contribution in [2.75, 3.05) is 13.6 Å². The van der Waals surface area contributed by atoms with E-state index in [1.54, 1.807) is 6.92 Å². The van der Waals surface area contributed by atoms with Crippen LogP contribution in [0.5, 0.6) is 0 Å². The second kappa shape index (κ2) is 8.60. The number of aromatic nitrogens is 1. The monoisotopic (exact) mass is 327 g/mol. The predicted octanol–water partition coefficient (Wildman–Crippen LogP) is 0.869. The number of ketones is 1. The van der Waals surface area contributed by atoms with Gasteiger partial charge in [0.25, 0.3) is 15.9 Å². The first kappa shape index (κ1) is 18.2. The number of nitrogens with zero attached hydrogens (tertiary/aromatic N) is 1. The molecule has 8 heteroatoms. The van der Waals surface area contributed by atoms with Gasteiger partial charge in [-0.3, -0.25) is 4.79 Å². The Bertz CT molecular complexity index is 611. The maximum absolute atomic E-state index is 11.8. The molecule has 0 aromatic carbocycles. The molecule has 0 spiro atoms. The van der Waals surface area contributed by atoms with Gasteiger partial charge in [0.05, 0.1) is 5.56 Å². The first-order chi connectivity index (χ1) is 10.4. The van der Waals surface area contributed by atoms with Crippen molar-refractivity contribution in [3.05, 3.63) is 23.9 Å². The third-order valence-corrected chi connectivity index (χ3v) is 4.36. The Kier molecular flexibility index (Phi) is 7.13. The van der Waals surface area contributed by atoms with Crippen LogP contribution in [0.3, 0.4) is 0 Å². The number of rotatable bonds is 9. The Labute approximate surface area is 130 Å². The number of nitrogens with one attached hydrogen (secondary N) is 2. The topological polar surface area (TPSA) is 105 Å². The molecule has 0 aliphatic heterocycles. The summed E-state index contributed by atoms with van der Waals surface area (Å²) in [6.45, 7) is 2.07. The lowest BCUT2D eigenvalue weighted by molar-refractivity contribution is -0.117. The molecular weight excluding hydrogens is 306 g/mol. The summed E-state index contributed by atoms with van der Waals surface area (Å²) in [5, 5.41) is 2.60. The molecule has 1 amide bonds. The smallest absolute Gasteiger partial charge is 0.257 e. The summed E-state index contributed by atoms with van der Waals surface area (Å²) in [5.74, 6) is -0.126. The minimum Gasteiger partial charge on any atom is -0.352 e. The van der Waals surface area contributed by atoms with E-state index in [1.165, 1.54) is 25.4 Å². The molecule has 2 N–H and O–H groups in total. The van der Waals surface area contributed by atoms with E-state index < -0.39 is 10.0 Å². The van der Waals surface area contributed by atoms with E-state index in [0.29, 0.717) is 18.5 Å². The lowest BCUT2D eigenvalue weighted by atomic mass is 10.1. The van der Waals surface area contributed by atoms with Gasteiger partial charge in [0, 0.05) is 19.2 Å². The summed E-state index contributed by atoms with van der Waals surface area (Å²) in [4.78, 5) is 26.4. The van der Waals surface area contributed by atoms with Crippen molar-refractivity contribution >= 4 is 21.7 Å². The molecule has 1 heterocycles. The van der Waals surface area contributed by atoms with Crippen molar-refractivity contribution in [2.24, 2.45) is 0 Å². The van der Waals surface area contributed by atoms with E-state index in [1.807, 2.05) is 0 Å². The van der Waals surface area contributed by atoms with Crippen molar-refractivity contribution in [1.29, 1.82) is 0 Å². The van der Waals surface area contributed by atoms with E-state index in [-0.39, 0.29) is 16.7 Å². The van der Waals surface area contributed by atoms with Crippen molar-refractivity contribution in [3.63, 3.8) is 0 Å². The van der Waals surface area contributed by atoms with Crippen molar-refractivity contribution in [1.82, 2.24) is 15.0 Å². The third-order valence-electron chi connectivity index (χ3n) is 3.03. The Hall–Kier alpha value is -1.80. The number of hydrogen-bond acceptors (Lipinski definition) is 5. The fraction of sp³-hybridized carbons (Fsp3) is 0.500. The second-order valence-corrected chi connectivity index (χ2v) is 6.69. The Balaban J connectivity index is 2.42. The molecule has 0 aliphatic rings. The second-order valence-electron chi connectivity index (χ2n) is 4.86. The number of unbranched alkanes of at least 4 members (excludes halogenated alkanes) is 2. The zero-order chi connectivity index (χ0) is 16.6. The summed E-state index contributed by atoms with van der Waals surface area (Å²) < 4.78 is 25.2. The fourth-order valence-electron chi connectivity index (χ4n) is 1.76. The standard InChI is InChI=1S/C14H21N3O4S/c1-11(18)6-4-3-5-9-16-14(19)12-7-8-13(17-10-12)22(20,21)15-2/h7-8,10,15H,3-6,9H2,1-2H3,(H,16,19). The molecule has 1 aromatic rings. The predicted molar refractivity (Wildman–Crippen MR) is 82.0 cm³/mol. The number of hydrogen-bond donors (Lipinski definition) is 2. The quantitative estimate of drug-likeness (QED) is 0.655. The van der Waals surface area contributed by atoms with Crippen LogP contribution >= 0.6 is 0 Å². The van der Waals surface area contributed by atoms with E-state index in [2.05, 4.69) is 15.0 Å². The van der Waals surface area contributed by atoms with Crippen molar-refractivity contribution in [3.8, 4) is 0 Å². The normalized spacial score (nSPS) is 11.2. The highest BCUT2D eigenvalue weighted by Gasteiger charge is 2.14. The molecule has 0 aliphatic carbocycles. The fourth-order valence-corrected chi connectivity index (χ4v) is 2.41. The van der Waals surface area contributed by atoms with Crippen LogP contribution in [0, 0.1) is 0 Å². The van der Waals surface area contributed by atoms with Crippen LogP contribution < -0.4 is 10.0 Å². The van der Waals surface area contributed by atoms with Gasteiger partial charge in [0.2, 0.25) is 0 Å². The molecule has 7 nitrogen and oxygen atoms in total. The Morgan fingerprint density at radius 1 is 1.18 bits per heavy atom. The van der Waals surface area contributed by atoms with E-state index in [0.717, 1.165) is 19.3 Å². The summed E-state index contributed by atoms with van der Waals surface area (Å²) in [5.41, 5.74) is 0.304. The molecule has 0 bridgehead atoms. The minimum absolute atomic E-state index is 0.129. The largest absolute Gasteiger partial charge is 0.352 e. The first-order valence-corrected chi connectivity index (χ1v) is 8.52. The zero-order valence-electron chi connectivity index (χ0n) is 12.8. The van der Waals surface area contributed by atoms with Gasteiger partial charge in [-0.1, -0.05) is 6.42 Å². The third kappa shape index (κ3) is 5.90. The number of amides is 1. The molecule has 22 heavy (non-hydrogen) atoms. The van der Waals surface area contributed by atoms with Gasteiger partial charge < -0.3 is 10.1 Å². The van der Waals surface area contributed by atoms with Crippen LogP contribution in [0.1, 0.15) is 43.0 Å². The van der Waals surface area contributed by atoms with Gasteiger partial charge >= 0.3 is 0 Å². The van der Waals surface area contributed by atoms with Crippen LogP contribution in [0.4, 0.5) is 0 Å². The summed E-state index contributed by atoms with van der Waals surface area (Å²) in [6, 6.07) is 2.70. The summed E-state index contributed by atoms with van der Waals surface area (Å²) in [6.07, 6.45) is 4.29. The number of Topliss-reactive ketones (excluding diaryl/α,β-unsaturated/α-hetero) is 1. The Morgan fingerprint density at radius 3 is 2.45 bits per heavy atom. The van der Waals surface area contributed by atoms with Crippen LogP contribution in [-0.2, 0) is 14.8 Å². The highest BCUT2D eigenvalue weighted by molar-refractivity contribution is 7.89. The van der Waals surface area contributed by atoms with Gasteiger partial charge in [0.1, 0.15) is 5.78 Å². The summed E-state index contributed by atoms with van der Waals surface area (Å²) in [7, 11) is -2.30. The number of carbonyl (C=O) groups excluding carboxylic acids is 2. The highest BCUT2D eigenvalue weighted by Crippen LogP contribution is 2.06. The molecule has 122 valence electrons. The average molecular weight is 327 g/mol. The maximum atomic E-state index is 11.8. The summed E-state index contributed by atoms with van der Waals surface area (Å²) >= 11 is 0. The van der Waals surface area contributed by atoms with Gasteiger partial charge in [-0.25, -0.2) is 18.1 Å². The molecule has 0 atom stereocenters.